The van der Waals surface area contributed by atoms with E-state index in [0.29, 0.717) is 6.54 Å². The van der Waals surface area contributed by atoms with Gasteiger partial charge in [0.15, 0.2) is 0 Å². The molecule has 1 aromatic heterocycles. The molecule has 0 fully saturated rings. The minimum Gasteiger partial charge on any atom is -0.491 e. The van der Waals surface area contributed by atoms with Crippen LogP contribution in [0, 0.1) is 6.92 Å². The second kappa shape index (κ2) is 5.66. The van der Waals surface area contributed by atoms with Gasteiger partial charge in [0.1, 0.15) is 5.75 Å². The van der Waals surface area contributed by atoms with Crippen molar-refractivity contribution in [2.45, 2.75) is 53.3 Å². The zero-order valence-corrected chi connectivity index (χ0v) is 12.4. The number of aromatic nitrogens is 1. The van der Waals surface area contributed by atoms with Gasteiger partial charge in [-0.3, -0.25) is 0 Å². The summed E-state index contributed by atoms with van der Waals surface area (Å²) in [5.41, 5.74) is 9.65. The Hall–Kier alpha value is -1.48. The molecule has 1 heterocycles. The van der Waals surface area contributed by atoms with Crippen LogP contribution in [0.5, 0.6) is 5.75 Å². The van der Waals surface area contributed by atoms with E-state index in [4.69, 9.17) is 10.5 Å². The number of fused-ring (bicyclic) bond motifs is 1. The number of rotatable bonds is 5. The van der Waals surface area contributed by atoms with Crippen molar-refractivity contribution in [2.75, 3.05) is 0 Å². The number of nitrogens with zero attached hydrogens (tertiary/aromatic N) is 1. The molecule has 1 aromatic carbocycles. The van der Waals surface area contributed by atoms with E-state index in [0.717, 1.165) is 18.7 Å². The van der Waals surface area contributed by atoms with E-state index in [-0.39, 0.29) is 6.10 Å². The number of aryl methyl sites for hydroxylation is 1. The van der Waals surface area contributed by atoms with E-state index < -0.39 is 0 Å². The molecule has 0 spiro atoms. The van der Waals surface area contributed by atoms with Crippen molar-refractivity contribution < 1.29 is 4.74 Å². The van der Waals surface area contributed by atoms with Crippen molar-refractivity contribution in [3.8, 4) is 5.75 Å². The second-order valence-electron chi connectivity index (χ2n) is 5.03. The first kappa shape index (κ1) is 13.9. The minimum absolute atomic E-state index is 0.244. The van der Waals surface area contributed by atoms with Crippen molar-refractivity contribution in [1.82, 2.24) is 4.57 Å². The Labute approximate surface area is 115 Å². The van der Waals surface area contributed by atoms with Crippen LogP contribution in [0.4, 0.5) is 0 Å². The quantitative estimate of drug-likeness (QED) is 0.892. The first-order valence-corrected chi connectivity index (χ1v) is 7.10. The standard InChI is InChI=1S/C16H24N2O/c1-5-11(3)19-13-7-8-16-14(9-13)15(10-17)12(4)18(16)6-2/h7-9,11H,5-6,10,17H2,1-4H3. The van der Waals surface area contributed by atoms with Crippen LogP contribution in [0.1, 0.15) is 38.4 Å². The molecule has 1 atom stereocenters. The molecule has 3 nitrogen and oxygen atoms in total. The second-order valence-corrected chi connectivity index (χ2v) is 5.03. The van der Waals surface area contributed by atoms with Gasteiger partial charge in [0.2, 0.25) is 0 Å². The molecule has 2 rings (SSSR count). The molecule has 0 aliphatic rings. The molecule has 0 radical (unpaired) electrons. The molecule has 19 heavy (non-hydrogen) atoms. The number of hydrogen-bond acceptors (Lipinski definition) is 2. The van der Waals surface area contributed by atoms with Gasteiger partial charge in [-0.1, -0.05) is 6.92 Å². The van der Waals surface area contributed by atoms with Crippen molar-refractivity contribution in [1.29, 1.82) is 0 Å². The van der Waals surface area contributed by atoms with Crippen LogP contribution in [0.25, 0.3) is 10.9 Å². The summed E-state index contributed by atoms with van der Waals surface area (Å²) < 4.78 is 8.21. The third kappa shape index (κ3) is 2.47. The van der Waals surface area contributed by atoms with E-state index in [9.17, 15) is 0 Å². The average Bonchev–Trinajstić information content (AvgIpc) is 2.68. The Morgan fingerprint density at radius 3 is 2.63 bits per heavy atom. The molecule has 2 aromatic rings. The Kier molecular flexibility index (Phi) is 4.15. The van der Waals surface area contributed by atoms with E-state index in [1.807, 2.05) is 0 Å². The highest BCUT2D eigenvalue weighted by Gasteiger charge is 2.13. The fraction of sp³-hybridized carbons (Fsp3) is 0.500. The van der Waals surface area contributed by atoms with Crippen LogP contribution in [0.3, 0.4) is 0 Å². The monoisotopic (exact) mass is 260 g/mol. The summed E-state index contributed by atoms with van der Waals surface area (Å²) in [4.78, 5) is 0. The fourth-order valence-corrected chi connectivity index (χ4v) is 2.58. The van der Waals surface area contributed by atoms with Crippen LogP contribution in [-0.2, 0) is 13.1 Å². The summed E-state index contributed by atoms with van der Waals surface area (Å²) in [5, 5.41) is 1.22. The highest BCUT2D eigenvalue weighted by molar-refractivity contribution is 5.86. The minimum atomic E-state index is 0.244. The summed E-state index contributed by atoms with van der Waals surface area (Å²) in [6.07, 6.45) is 1.25. The number of ether oxygens (including phenoxy) is 1. The van der Waals surface area contributed by atoms with Gasteiger partial charge in [0, 0.05) is 29.7 Å². The van der Waals surface area contributed by atoms with Gasteiger partial charge in [0.05, 0.1) is 6.10 Å². The molecule has 0 bridgehead atoms. The normalized spacial score (nSPS) is 12.9. The van der Waals surface area contributed by atoms with Gasteiger partial charge < -0.3 is 15.0 Å². The lowest BCUT2D eigenvalue weighted by atomic mass is 10.1. The molecule has 2 N–H and O–H groups in total. The predicted octanol–water partition coefficient (Wildman–Crippen LogP) is 3.61. The summed E-state index contributed by atoms with van der Waals surface area (Å²) >= 11 is 0. The van der Waals surface area contributed by atoms with Crippen LogP contribution in [0.2, 0.25) is 0 Å². The molecular weight excluding hydrogens is 236 g/mol. The topological polar surface area (TPSA) is 40.2 Å². The lowest BCUT2D eigenvalue weighted by molar-refractivity contribution is 0.217. The van der Waals surface area contributed by atoms with Crippen LogP contribution < -0.4 is 10.5 Å². The molecule has 3 heteroatoms. The summed E-state index contributed by atoms with van der Waals surface area (Å²) in [5.74, 6) is 0.935. The van der Waals surface area contributed by atoms with Crippen molar-refractivity contribution in [3.05, 3.63) is 29.5 Å². The van der Waals surface area contributed by atoms with Crippen LogP contribution >= 0.6 is 0 Å². The first-order chi connectivity index (χ1) is 9.12. The lowest BCUT2D eigenvalue weighted by Gasteiger charge is -2.12. The predicted molar refractivity (Wildman–Crippen MR) is 80.6 cm³/mol. The highest BCUT2D eigenvalue weighted by atomic mass is 16.5. The summed E-state index contributed by atoms with van der Waals surface area (Å²) in [6.45, 7) is 10.1. The van der Waals surface area contributed by atoms with E-state index in [2.05, 4.69) is 50.5 Å². The maximum absolute atomic E-state index is 5.91. The molecule has 0 saturated carbocycles. The number of benzene rings is 1. The Bertz CT molecular complexity index is 572. The Morgan fingerprint density at radius 1 is 1.32 bits per heavy atom. The van der Waals surface area contributed by atoms with E-state index in [1.165, 1.54) is 22.2 Å². The van der Waals surface area contributed by atoms with Gasteiger partial charge in [0.25, 0.3) is 0 Å². The Morgan fingerprint density at radius 2 is 2.05 bits per heavy atom. The summed E-state index contributed by atoms with van der Waals surface area (Å²) in [6, 6.07) is 6.33. The third-order valence-electron chi connectivity index (χ3n) is 3.86. The molecule has 0 amide bonds. The first-order valence-electron chi connectivity index (χ1n) is 7.10. The fourth-order valence-electron chi connectivity index (χ4n) is 2.58. The molecule has 0 saturated heterocycles. The van der Waals surface area contributed by atoms with Crippen molar-refractivity contribution in [2.24, 2.45) is 5.73 Å². The maximum Gasteiger partial charge on any atom is 0.120 e. The van der Waals surface area contributed by atoms with Gasteiger partial charge in [-0.05, 0) is 51.0 Å². The average molecular weight is 260 g/mol. The zero-order chi connectivity index (χ0) is 14.0. The van der Waals surface area contributed by atoms with E-state index >= 15 is 0 Å². The van der Waals surface area contributed by atoms with Gasteiger partial charge in [-0.2, -0.15) is 0 Å². The maximum atomic E-state index is 5.91. The third-order valence-corrected chi connectivity index (χ3v) is 3.86. The van der Waals surface area contributed by atoms with Gasteiger partial charge in [-0.25, -0.2) is 0 Å². The lowest BCUT2D eigenvalue weighted by Crippen LogP contribution is -2.09. The smallest absolute Gasteiger partial charge is 0.120 e. The number of nitrogens with two attached hydrogens (primary N) is 1. The molecule has 104 valence electrons. The SMILES string of the molecule is CCC(C)Oc1ccc2c(c1)c(CN)c(C)n2CC. The Balaban J connectivity index is 2.52. The largest absolute Gasteiger partial charge is 0.491 e. The molecule has 1 unspecified atom stereocenters. The highest BCUT2D eigenvalue weighted by Crippen LogP contribution is 2.29. The summed E-state index contributed by atoms with van der Waals surface area (Å²) in [7, 11) is 0. The molecule has 0 aliphatic carbocycles. The van der Waals surface area contributed by atoms with Crippen molar-refractivity contribution >= 4 is 10.9 Å². The molecule has 0 aliphatic heterocycles. The molecular formula is C16H24N2O. The van der Waals surface area contributed by atoms with Crippen molar-refractivity contribution in [3.63, 3.8) is 0 Å². The van der Waals surface area contributed by atoms with Gasteiger partial charge >= 0.3 is 0 Å². The van der Waals surface area contributed by atoms with Crippen LogP contribution in [-0.4, -0.2) is 10.7 Å². The van der Waals surface area contributed by atoms with Crippen LogP contribution in [0.15, 0.2) is 18.2 Å². The van der Waals surface area contributed by atoms with E-state index in [1.54, 1.807) is 0 Å². The van der Waals surface area contributed by atoms with Gasteiger partial charge in [-0.15, -0.1) is 0 Å². The number of hydrogen-bond donors (Lipinski definition) is 1. The zero-order valence-electron chi connectivity index (χ0n) is 12.4.